The Hall–Kier alpha value is -0.640. The minimum atomic E-state index is -2.57. The van der Waals surface area contributed by atoms with Crippen molar-refractivity contribution in [1.82, 2.24) is 9.78 Å². The molecule has 0 aliphatic heterocycles. The molecule has 0 N–H and O–H groups in total. The molecule has 0 saturated heterocycles. The maximum atomic E-state index is 12.4. The molecule has 15 heavy (non-hydrogen) atoms. The molecule has 0 aliphatic carbocycles. The third-order valence-corrected chi connectivity index (χ3v) is 2.84. The average Bonchev–Trinajstić information content (AvgIpc) is 2.44. The summed E-state index contributed by atoms with van der Waals surface area (Å²) in [5.41, 5.74) is -0.342. The first-order valence-corrected chi connectivity index (χ1v) is 5.14. The number of aromatic nitrogens is 2. The van der Waals surface area contributed by atoms with Crippen molar-refractivity contribution in [2.45, 2.75) is 40.2 Å². The minimum Gasteiger partial charge on any atom is -0.250 e. The van der Waals surface area contributed by atoms with Gasteiger partial charge in [0.05, 0.1) is 6.04 Å². The van der Waals surface area contributed by atoms with Gasteiger partial charge in [-0.25, -0.2) is 8.78 Å². The van der Waals surface area contributed by atoms with Gasteiger partial charge in [0, 0.05) is 6.07 Å². The molecule has 1 aromatic rings. The Morgan fingerprint density at radius 3 is 2.27 bits per heavy atom. The van der Waals surface area contributed by atoms with E-state index in [0.29, 0.717) is 0 Å². The summed E-state index contributed by atoms with van der Waals surface area (Å²) in [6, 6.07) is 1.19. The Kier molecular flexibility index (Phi) is 3.38. The van der Waals surface area contributed by atoms with Crippen LogP contribution in [-0.2, 0) is 0 Å². The van der Waals surface area contributed by atoms with Crippen LogP contribution in [0.15, 0.2) is 6.07 Å². The molecule has 0 amide bonds. The topological polar surface area (TPSA) is 17.8 Å². The molecular formula is C10H15ClF2N2. The highest BCUT2D eigenvalue weighted by Gasteiger charge is 2.25. The summed E-state index contributed by atoms with van der Waals surface area (Å²) in [6.07, 6.45) is -2.57. The lowest BCUT2D eigenvalue weighted by Crippen LogP contribution is -2.22. The Balaban J connectivity index is 3.05. The van der Waals surface area contributed by atoms with Crippen LogP contribution in [-0.4, -0.2) is 9.78 Å². The SMILES string of the molecule is CC(n1nc(C(F)F)cc1Cl)C(C)(C)C. The quantitative estimate of drug-likeness (QED) is 0.757. The molecule has 1 aromatic heterocycles. The summed E-state index contributed by atoms with van der Waals surface area (Å²) in [5.74, 6) is 0. The van der Waals surface area contributed by atoms with Crippen LogP contribution < -0.4 is 0 Å². The first-order valence-electron chi connectivity index (χ1n) is 4.76. The van der Waals surface area contributed by atoms with Crippen molar-refractivity contribution in [3.05, 3.63) is 16.9 Å². The Labute approximate surface area is 93.2 Å². The number of nitrogens with zero attached hydrogens (tertiary/aromatic N) is 2. The van der Waals surface area contributed by atoms with E-state index in [2.05, 4.69) is 5.10 Å². The number of alkyl halides is 2. The summed E-state index contributed by atoms with van der Waals surface area (Å²) >= 11 is 5.86. The van der Waals surface area contributed by atoms with Crippen LogP contribution >= 0.6 is 11.6 Å². The lowest BCUT2D eigenvalue weighted by molar-refractivity contribution is 0.142. The zero-order chi connectivity index (χ0) is 11.8. The Morgan fingerprint density at radius 2 is 1.93 bits per heavy atom. The molecule has 0 saturated carbocycles. The van der Waals surface area contributed by atoms with Gasteiger partial charge in [0.2, 0.25) is 0 Å². The van der Waals surface area contributed by atoms with Crippen molar-refractivity contribution in [2.24, 2.45) is 5.41 Å². The van der Waals surface area contributed by atoms with E-state index in [9.17, 15) is 8.78 Å². The minimum absolute atomic E-state index is 0.0301. The standard InChI is InChI=1S/C10H15ClF2N2/c1-6(10(2,3)4)15-8(11)5-7(14-15)9(12)13/h5-6,9H,1-4H3. The van der Waals surface area contributed by atoms with Crippen LogP contribution in [0, 0.1) is 5.41 Å². The van der Waals surface area contributed by atoms with Crippen molar-refractivity contribution in [1.29, 1.82) is 0 Å². The normalized spacial score (nSPS) is 14.7. The maximum absolute atomic E-state index is 12.4. The zero-order valence-electron chi connectivity index (χ0n) is 9.26. The van der Waals surface area contributed by atoms with E-state index in [-0.39, 0.29) is 22.3 Å². The van der Waals surface area contributed by atoms with Crippen LogP contribution in [0.1, 0.15) is 45.9 Å². The monoisotopic (exact) mass is 236 g/mol. The lowest BCUT2D eigenvalue weighted by Gasteiger charge is -2.27. The van der Waals surface area contributed by atoms with E-state index in [0.717, 1.165) is 0 Å². The fourth-order valence-corrected chi connectivity index (χ4v) is 1.43. The van der Waals surface area contributed by atoms with Gasteiger partial charge in [-0.15, -0.1) is 0 Å². The fraction of sp³-hybridized carbons (Fsp3) is 0.700. The predicted molar refractivity (Wildman–Crippen MR) is 56.4 cm³/mol. The Morgan fingerprint density at radius 1 is 1.40 bits per heavy atom. The van der Waals surface area contributed by atoms with E-state index in [1.807, 2.05) is 27.7 Å². The van der Waals surface area contributed by atoms with Gasteiger partial charge in [0.15, 0.2) is 0 Å². The molecule has 5 heteroatoms. The van der Waals surface area contributed by atoms with E-state index in [1.165, 1.54) is 10.7 Å². The van der Waals surface area contributed by atoms with Crippen molar-refractivity contribution >= 4 is 11.6 Å². The maximum Gasteiger partial charge on any atom is 0.282 e. The highest BCUT2D eigenvalue weighted by atomic mass is 35.5. The molecule has 1 heterocycles. The van der Waals surface area contributed by atoms with Crippen LogP contribution in [0.2, 0.25) is 5.15 Å². The fourth-order valence-electron chi connectivity index (χ4n) is 1.13. The van der Waals surface area contributed by atoms with Gasteiger partial charge in [0.1, 0.15) is 10.8 Å². The molecule has 1 unspecified atom stereocenters. The molecule has 2 nitrogen and oxygen atoms in total. The molecule has 0 aromatic carbocycles. The van der Waals surface area contributed by atoms with Crippen LogP contribution in [0.5, 0.6) is 0 Å². The summed E-state index contributed by atoms with van der Waals surface area (Å²) in [5, 5.41) is 4.07. The number of halogens is 3. The van der Waals surface area contributed by atoms with Crippen molar-refractivity contribution in [3.8, 4) is 0 Å². The lowest BCUT2D eigenvalue weighted by atomic mass is 9.88. The average molecular weight is 237 g/mol. The van der Waals surface area contributed by atoms with Gasteiger partial charge in [-0.1, -0.05) is 32.4 Å². The molecule has 0 bridgehead atoms. The van der Waals surface area contributed by atoms with Gasteiger partial charge in [-0.2, -0.15) is 5.10 Å². The molecular weight excluding hydrogens is 222 g/mol. The van der Waals surface area contributed by atoms with Gasteiger partial charge in [0.25, 0.3) is 6.43 Å². The van der Waals surface area contributed by atoms with E-state index in [1.54, 1.807) is 0 Å². The largest absolute Gasteiger partial charge is 0.282 e. The van der Waals surface area contributed by atoms with E-state index in [4.69, 9.17) is 11.6 Å². The third-order valence-electron chi connectivity index (χ3n) is 2.55. The number of hydrogen-bond acceptors (Lipinski definition) is 1. The predicted octanol–water partition coefficient (Wildman–Crippen LogP) is 4.08. The Bertz CT molecular complexity index is 342. The molecule has 0 fully saturated rings. The summed E-state index contributed by atoms with van der Waals surface area (Å²) in [6.45, 7) is 7.95. The highest BCUT2D eigenvalue weighted by Crippen LogP contribution is 2.33. The molecule has 1 rings (SSSR count). The molecule has 0 radical (unpaired) electrons. The number of rotatable bonds is 2. The summed E-state index contributed by atoms with van der Waals surface area (Å²) in [7, 11) is 0. The third kappa shape index (κ3) is 2.68. The first-order chi connectivity index (χ1) is 6.73. The second-order valence-electron chi connectivity index (χ2n) is 4.68. The summed E-state index contributed by atoms with van der Waals surface area (Å²) in [4.78, 5) is 0. The van der Waals surface area contributed by atoms with Crippen LogP contribution in [0.4, 0.5) is 8.78 Å². The molecule has 1 atom stereocenters. The first kappa shape index (κ1) is 12.4. The van der Waals surface area contributed by atoms with Gasteiger partial charge < -0.3 is 0 Å². The molecule has 0 spiro atoms. The highest BCUT2D eigenvalue weighted by molar-refractivity contribution is 6.29. The molecule has 0 aliphatic rings. The van der Waals surface area contributed by atoms with E-state index < -0.39 is 6.43 Å². The van der Waals surface area contributed by atoms with Crippen LogP contribution in [0.3, 0.4) is 0 Å². The second kappa shape index (κ2) is 4.08. The van der Waals surface area contributed by atoms with Gasteiger partial charge in [-0.3, -0.25) is 4.68 Å². The van der Waals surface area contributed by atoms with Crippen molar-refractivity contribution < 1.29 is 8.78 Å². The molecule has 86 valence electrons. The summed E-state index contributed by atoms with van der Waals surface area (Å²) < 4.78 is 26.2. The number of hydrogen-bond donors (Lipinski definition) is 0. The van der Waals surface area contributed by atoms with Crippen molar-refractivity contribution in [2.75, 3.05) is 0 Å². The smallest absolute Gasteiger partial charge is 0.250 e. The van der Waals surface area contributed by atoms with Crippen LogP contribution in [0.25, 0.3) is 0 Å². The second-order valence-corrected chi connectivity index (χ2v) is 5.07. The van der Waals surface area contributed by atoms with E-state index >= 15 is 0 Å². The zero-order valence-corrected chi connectivity index (χ0v) is 10.0. The van der Waals surface area contributed by atoms with Gasteiger partial charge in [-0.05, 0) is 12.3 Å². The van der Waals surface area contributed by atoms with Gasteiger partial charge >= 0.3 is 0 Å². The van der Waals surface area contributed by atoms with Crippen molar-refractivity contribution in [3.63, 3.8) is 0 Å².